The van der Waals surface area contributed by atoms with Crippen LogP contribution >= 0.6 is 23.2 Å². The van der Waals surface area contributed by atoms with Crippen LogP contribution in [0.3, 0.4) is 0 Å². The number of halogens is 3. The number of likely N-dealkylation sites (tertiary alicyclic amines) is 1. The molecule has 1 unspecified atom stereocenters. The number of ether oxygens (including phenoxy) is 1. The number of nitrogen functional groups attached to an aromatic ring is 1. The summed E-state index contributed by atoms with van der Waals surface area (Å²) >= 11 is 13.0. The number of nitrogens with zero attached hydrogens (tertiary/aromatic N) is 3. The van der Waals surface area contributed by atoms with E-state index in [9.17, 15) is 9.18 Å². The lowest BCUT2D eigenvalue weighted by atomic mass is 10.0. The maximum Gasteiger partial charge on any atom is 0.246 e. The summed E-state index contributed by atoms with van der Waals surface area (Å²) in [6, 6.07) is 8.94. The van der Waals surface area contributed by atoms with Crippen molar-refractivity contribution in [1.82, 2.24) is 14.9 Å². The Morgan fingerprint density at radius 3 is 2.86 bits per heavy atom. The molecule has 11 heteroatoms. The number of hydrogen-bond acceptors (Lipinski definition) is 7. The van der Waals surface area contributed by atoms with Crippen molar-refractivity contribution in [2.24, 2.45) is 0 Å². The van der Waals surface area contributed by atoms with Gasteiger partial charge in [-0.15, -0.1) is 0 Å². The third-order valence-electron chi connectivity index (χ3n) is 5.95. The Labute approximate surface area is 223 Å². The number of amides is 1. The number of anilines is 2. The van der Waals surface area contributed by atoms with Crippen LogP contribution in [0, 0.1) is 11.2 Å². The fraction of sp³-hybridized carbons (Fsp3) is 0.231. The second-order valence-corrected chi connectivity index (χ2v) is 9.32. The molecule has 2 aromatic carbocycles. The van der Waals surface area contributed by atoms with Crippen LogP contribution < -0.4 is 15.8 Å². The number of nitrogens with one attached hydrogen (secondary N) is 2. The second-order valence-electron chi connectivity index (χ2n) is 8.51. The van der Waals surface area contributed by atoms with E-state index in [1.54, 1.807) is 17.0 Å². The second kappa shape index (κ2) is 11.6. The molecular formula is C26H25Cl2FN6O2. The molecule has 1 atom stereocenters. The van der Waals surface area contributed by atoms with Crippen LogP contribution in [-0.4, -0.2) is 45.6 Å². The molecule has 0 aliphatic carbocycles. The number of carbonyl (C=O) groups is 1. The topological polar surface area (TPSA) is 117 Å². The van der Waals surface area contributed by atoms with Crippen molar-refractivity contribution in [2.75, 3.05) is 24.1 Å². The minimum absolute atomic E-state index is 0.0287. The zero-order chi connectivity index (χ0) is 26.5. The lowest BCUT2D eigenvalue weighted by molar-refractivity contribution is -0.127. The third-order valence-corrected chi connectivity index (χ3v) is 6.56. The van der Waals surface area contributed by atoms with Crippen LogP contribution in [0.15, 0.2) is 55.4 Å². The molecule has 2 heterocycles. The van der Waals surface area contributed by atoms with E-state index in [4.69, 9.17) is 39.1 Å². The Morgan fingerprint density at radius 1 is 1.30 bits per heavy atom. The summed E-state index contributed by atoms with van der Waals surface area (Å²) in [5.74, 6) is 0.236. The van der Waals surface area contributed by atoms with Crippen LogP contribution in [0.1, 0.15) is 29.5 Å². The first kappa shape index (κ1) is 26.4. The SMILES string of the molecule is C=CC(=O)N1CCCC(Nc2ncnc(N)c2C(=N)c2cc(Cl)c(OCc3cccc(F)c3)cc2Cl)C1. The van der Waals surface area contributed by atoms with Crippen molar-refractivity contribution in [3.8, 4) is 5.75 Å². The number of nitrogens with two attached hydrogens (primary N) is 1. The number of hydrogen-bond donors (Lipinski definition) is 3. The average Bonchev–Trinajstić information content (AvgIpc) is 2.88. The smallest absolute Gasteiger partial charge is 0.246 e. The first-order valence-corrected chi connectivity index (χ1v) is 12.3. The first-order valence-electron chi connectivity index (χ1n) is 11.5. The Morgan fingerprint density at radius 2 is 2.11 bits per heavy atom. The van der Waals surface area contributed by atoms with E-state index in [0.29, 0.717) is 30.0 Å². The lowest BCUT2D eigenvalue weighted by Gasteiger charge is -2.33. The molecule has 3 aromatic rings. The minimum atomic E-state index is -0.366. The van der Waals surface area contributed by atoms with Gasteiger partial charge in [-0.1, -0.05) is 41.9 Å². The standard InChI is InChI=1S/C26H25Cl2FN6O2/c1-2-22(36)35-8-4-7-17(12-35)34-26-23(25(31)32-14-33-26)24(30)18-10-20(28)21(11-19(18)27)37-13-15-5-3-6-16(29)9-15/h2-3,5-6,9-11,14,17,30H,1,4,7-8,12-13H2,(H3,31,32,33,34). The van der Waals surface area contributed by atoms with Gasteiger partial charge in [-0.25, -0.2) is 14.4 Å². The quantitative estimate of drug-likeness (QED) is 0.269. The van der Waals surface area contributed by atoms with E-state index >= 15 is 0 Å². The summed E-state index contributed by atoms with van der Waals surface area (Å²) in [5.41, 5.74) is 7.34. The molecule has 1 amide bonds. The summed E-state index contributed by atoms with van der Waals surface area (Å²) in [6.07, 6.45) is 4.22. The van der Waals surface area contributed by atoms with Gasteiger partial charge < -0.3 is 20.7 Å². The van der Waals surface area contributed by atoms with E-state index < -0.39 is 0 Å². The Bertz CT molecular complexity index is 1350. The fourth-order valence-corrected chi connectivity index (χ4v) is 4.59. The zero-order valence-electron chi connectivity index (χ0n) is 19.8. The lowest BCUT2D eigenvalue weighted by Crippen LogP contribution is -2.44. The number of rotatable bonds is 8. The van der Waals surface area contributed by atoms with Gasteiger partial charge in [0.25, 0.3) is 0 Å². The van der Waals surface area contributed by atoms with Crippen LogP contribution in [-0.2, 0) is 11.4 Å². The molecule has 1 aromatic heterocycles. The van der Waals surface area contributed by atoms with Crippen LogP contribution in [0.2, 0.25) is 10.0 Å². The molecule has 8 nitrogen and oxygen atoms in total. The van der Waals surface area contributed by atoms with Gasteiger partial charge in [-0.2, -0.15) is 0 Å². The molecule has 4 N–H and O–H groups in total. The summed E-state index contributed by atoms with van der Waals surface area (Å²) in [7, 11) is 0. The van der Waals surface area contributed by atoms with Gasteiger partial charge in [0, 0.05) is 30.8 Å². The summed E-state index contributed by atoms with van der Waals surface area (Å²) in [4.78, 5) is 22.1. The highest BCUT2D eigenvalue weighted by Gasteiger charge is 2.26. The van der Waals surface area contributed by atoms with Gasteiger partial charge in [0.15, 0.2) is 0 Å². The Hall–Kier alpha value is -3.69. The van der Waals surface area contributed by atoms with Crippen molar-refractivity contribution in [3.63, 3.8) is 0 Å². The molecule has 0 bridgehead atoms. The van der Waals surface area contributed by atoms with Gasteiger partial charge >= 0.3 is 0 Å². The van der Waals surface area contributed by atoms with E-state index in [2.05, 4.69) is 21.9 Å². The van der Waals surface area contributed by atoms with Crippen molar-refractivity contribution in [3.05, 3.63) is 87.9 Å². The van der Waals surface area contributed by atoms with Gasteiger partial charge in [-0.3, -0.25) is 10.2 Å². The molecule has 0 radical (unpaired) electrons. The number of piperidine rings is 1. The van der Waals surface area contributed by atoms with Gasteiger partial charge in [0.05, 0.1) is 21.3 Å². The third kappa shape index (κ3) is 6.18. The van der Waals surface area contributed by atoms with Crippen molar-refractivity contribution in [2.45, 2.75) is 25.5 Å². The molecule has 1 saturated heterocycles. The van der Waals surface area contributed by atoms with Crippen LogP contribution in [0.4, 0.5) is 16.0 Å². The van der Waals surface area contributed by atoms with Crippen LogP contribution in [0.25, 0.3) is 0 Å². The fourth-order valence-electron chi connectivity index (χ4n) is 4.13. The largest absolute Gasteiger partial charge is 0.487 e. The number of benzene rings is 2. The highest BCUT2D eigenvalue weighted by Crippen LogP contribution is 2.34. The molecule has 1 fully saturated rings. The molecule has 1 aliphatic heterocycles. The molecule has 0 spiro atoms. The minimum Gasteiger partial charge on any atom is -0.487 e. The van der Waals surface area contributed by atoms with E-state index in [1.807, 2.05) is 0 Å². The summed E-state index contributed by atoms with van der Waals surface area (Å²) < 4.78 is 19.2. The first-order chi connectivity index (χ1) is 17.8. The molecule has 37 heavy (non-hydrogen) atoms. The highest BCUT2D eigenvalue weighted by atomic mass is 35.5. The normalized spacial score (nSPS) is 15.2. The molecule has 1 aliphatic rings. The van der Waals surface area contributed by atoms with Crippen molar-refractivity contribution < 1.29 is 13.9 Å². The summed E-state index contributed by atoms with van der Waals surface area (Å²) in [6.45, 7) is 4.76. The number of carbonyl (C=O) groups excluding carboxylic acids is 1. The molecule has 192 valence electrons. The predicted octanol–water partition coefficient (Wildman–Crippen LogP) is 5.09. The van der Waals surface area contributed by atoms with E-state index in [0.717, 1.165) is 12.8 Å². The Kier molecular flexibility index (Phi) is 8.25. The van der Waals surface area contributed by atoms with Crippen LogP contribution in [0.5, 0.6) is 5.75 Å². The van der Waals surface area contributed by atoms with Gasteiger partial charge in [0.1, 0.15) is 36.1 Å². The molecule has 4 rings (SSSR count). The monoisotopic (exact) mass is 542 g/mol. The zero-order valence-corrected chi connectivity index (χ0v) is 21.3. The van der Waals surface area contributed by atoms with Crippen molar-refractivity contribution >= 4 is 46.5 Å². The maximum absolute atomic E-state index is 13.5. The van der Waals surface area contributed by atoms with E-state index in [-0.39, 0.29) is 57.3 Å². The predicted molar refractivity (Wildman–Crippen MR) is 143 cm³/mol. The number of aromatic nitrogens is 2. The summed E-state index contributed by atoms with van der Waals surface area (Å²) in [5, 5.41) is 12.6. The van der Waals surface area contributed by atoms with E-state index in [1.165, 1.54) is 36.7 Å². The average molecular weight is 543 g/mol. The molecule has 0 saturated carbocycles. The maximum atomic E-state index is 13.5. The van der Waals surface area contributed by atoms with Crippen molar-refractivity contribution in [1.29, 1.82) is 5.41 Å². The van der Waals surface area contributed by atoms with Gasteiger partial charge in [-0.05, 0) is 42.7 Å². The molecular weight excluding hydrogens is 518 g/mol. The van der Waals surface area contributed by atoms with Gasteiger partial charge in [0.2, 0.25) is 5.91 Å². The highest BCUT2D eigenvalue weighted by molar-refractivity contribution is 6.38. The Balaban J connectivity index is 1.56.